The Balaban J connectivity index is 2.60. The summed E-state index contributed by atoms with van der Waals surface area (Å²) in [5.74, 6) is -1.51. The fraction of sp³-hybridized carbons (Fsp3) is 0.400. The fourth-order valence-electron chi connectivity index (χ4n) is 1.30. The van der Waals surface area contributed by atoms with Crippen LogP contribution in [0.4, 0.5) is 18.0 Å². The molecule has 0 radical (unpaired) electrons. The third-order valence-corrected chi connectivity index (χ3v) is 3.65. The molecule has 0 saturated carbocycles. The molecule has 0 atom stereocenters. The number of hydrogen-bond acceptors (Lipinski definition) is 3. The van der Waals surface area contributed by atoms with Crippen molar-refractivity contribution in [3.05, 3.63) is 20.8 Å². The van der Waals surface area contributed by atoms with Crippen molar-refractivity contribution in [2.24, 2.45) is 0 Å². The van der Waals surface area contributed by atoms with Crippen LogP contribution in [0.15, 0.2) is 15.9 Å². The number of halogens is 4. The number of carbonyl (C=O) groups excluding carboxylic acids is 1. The number of nitrogens with zero attached hydrogens (tertiary/aromatic N) is 1. The Morgan fingerprint density at radius 1 is 1.40 bits per heavy atom. The van der Waals surface area contributed by atoms with Crippen molar-refractivity contribution in [3.8, 4) is 0 Å². The molecule has 5 nitrogen and oxygen atoms in total. The average molecular weight is 375 g/mol. The molecule has 0 fully saturated rings. The van der Waals surface area contributed by atoms with Gasteiger partial charge in [-0.2, -0.15) is 13.2 Å². The highest BCUT2D eigenvalue weighted by Gasteiger charge is 2.33. The Morgan fingerprint density at radius 3 is 2.50 bits per heavy atom. The summed E-state index contributed by atoms with van der Waals surface area (Å²) in [4.78, 5) is 23.0. The largest absolute Gasteiger partial charge is 0.480 e. The van der Waals surface area contributed by atoms with Gasteiger partial charge in [0.25, 0.3) is 0 Å². The standard InChI is InChI=1S/C10H10BrF3N2O3S/c11-7-2-1-6(20-7)3-15-9(19)16(4-8(17)18)5-10(12,13)14/h1-2H,3-5H2,(H,15,19)(H,17,18). The molecule has 0 unspecified atom stereocenters. The molecule has 1 rings (SSSR count). The van der Waals surface area contributed by atoms with Gasteiger partial charge in [-0.05, 0) is 28.1 Å². The first-order valence-electron chi connectivity index (χ1n) is 5.23. The van der Waals surface area contributed by atoms with Gasteiger partial charge in [0, 0.05) is 4.88 Å². The van der Waals surface area contributed by atoms with Crippen molar-refractivity contribution in [2.75, 3.05) is 13.1 Å². The number of thiophene rings is 1. The molecule has 2 amide bonds. The molecule has 10 heteroatoms. The van der Waals surface area contributed by atoms with E-state index in [-0.39, 0.29) is 11.4 Å². The summed E-state index contributed by atoms with van der Waals surface area (Å²) in [5, 5.41) is 10.8. The van der Waals surface area contributed by atoms with E-state index in [1.165, 1.54) is 11.3 Å². The summed E-state index contributed by atoms with van der Waals surface area (Å²) in [7, 11) is 0. The zero-order valence-electron chi connectivity index (χ0n) is 9.91. The number of aliphatic carboxylic acids is 1. The number of rotatable bonds is 5. The van der Waals surface area contributed by atoms with Gasteiger partial charge in [-0.15, -0.1) is 11.3 Å². The maximum atomic E-state index is 12.3. The summed E-state index contributed by atoms with van der Waals surface area (Å²) < 4.78 is 37.6. The first-order chi connectivity index (χ1) is 9.17. The molecule has 0 spiro atoms. The summed E-state index contributed by atoms with van der Waals surface area (Å²) in [6, 6.07) is 2.35. The topological polar surface area (TPSA) is 69.6 Å². The van der Waals surface area contributed by atoms with Crippen LogP contribution in [0.2, 0.25) is 0 Å². The number of nitrogens with one attached hydrogen (secondary N) is 1. The molecule has 0 bridgehead atoms. The van der Waals surface area contributed by atoms with E-state index in [9.17, 15) is 22.8 Å². The summed E-state index contributed by atoms with van der Waals surface area (Å²) >= 11 is 4.52. The number of carbonyl (C=O) groups is 2. The highest BCUT2D eigenvalue weighted by molar-refractivity contribution is 9.11. The first-order valence-corrected chi connectivity index (χ1v) is 6.84. The molecule has 0 aromatic carbocycles. The van der Waals surface area contributed by atoms with Crippen LogP contribution >= 0.6 is 27.3 Å². The quantitative estimate of drug-likeness (QED) is 0.832. The van der Waals surface area contributed by atoms with Crippen LogP contribution in [0.25, 0.3) is 0 Å². The smallest absolute Gasteiger partial charge is 0.406 e. The number of alkyl halides is 3. The van der Waals surface area contributed by atoms with E-state index in [0.717, 1.165) is 8.66 Å². The Kier molecular flexibility index (Phi) is 5.81. The van der Waals surface area contributed by atoms with Gasteiger partial charge >= 0.3 is 18.2 Å². The van der Waals surface area contributed by atoms with E-state index in [4.69, 9.17) is 5.11 Å². The van der Waals surface area contributed by atoms with E-state index >= 15 is 0 Å². The molecule has 2 N–H and O–H groups in total. The van der Waals surface area contributed by atoms with Crippen LogP contribution < -0.4 is 5.32 Å². The third kappa shape index (κ3) is 6.24. The van der Waals surface area contributed by atoms with Crippen LogP contribution in [0.5, 0.6) is 0 Å². The maximum absolute atomic E-state index is 12.3. The lowest BCUT2D eigenvalue weighted by molar-refractivity contribution is -0.148. The number of carboxylic acids is 1. The van der Waals surface area contributed by atoms with Gasteiger partial charge in [0.05, 0.1) is 10.3 Å². The highest BCUT2D eigenvalue weighted by Crippen LogP contribution is 2.22. The lowest BCUT2D eigenvalue weighted by Crippen LogP contribution is -2.46. The van der Waals surface area contributed by atoms with Gasteiger partial charge in [0.15, 0.2) is 0 Å². The molecule has 1 aromatic heterocycles. The van der Waals surface area contributed by atoms with Crippen LogP contribution in [0.1, 0.15) is 4.88 Å². The molecule has 1 heterocycles. The number of amides is 2. The van der Waals surface area contributed by atoms with Crippen molar-refractivity contribution in [1.29, 1.82) is 0 Å². The molecule has 0 saturated heterocycles. The molecular weight excluding hydrogens is 365 g/mol. The van der Waals surface area contributed by atoms with Crippen LogP contribution in [0, 0.1) is 0 Å². The molecule has 20 heavy (non-hydrogen) atoms. The summed E-state index contributed by atoms with van der Waals surface area (Å²) in [6.45, 7) is -2.60. The second-order valence-corrected chi connectivity index (χ2v) is 6.28. The van der Waals surface area contributed by atoms with E-state index < -0.39 is 31.3 Å². The van der Waals surface area contributed by atoms with Gasteiger partial charge in [0.1, 0.15) is 13.1 Å². The van der Waals surface area contributed by atoms with Crippen molar-refractivity contribution in [2.45, 2.75) is 12.7 Å². The lowest BCUT2D eigenvalue weighted by atomic mass is 10.4. The van der Waals surface area contributed by atoms with Crippen molar-refractivity contribution in [3.63, 3.8) is 0 Å². The summed E-state index contributed by atoms with van der Waals surface area (Å²) in [5.41, 5.74) is 0. The predicted molar refractivity (Wildman–Crippen MR) is 69.5 cm³/mol. The van der Waals surface area contributed by atoms with Gasteiger partial charge in [-0.1, -0.05) is 0 Å². The Labute approximate surface area is 124 Å². The minimum atomic E-state index is -4.65. The van der Waals surface area contributed by atoms with E-state index in [0.29, 0.717) is 0 Å². The van der Waals surface area contributed by atoms with E-state index in [1.54, 1.807) is 12.1 Å². The van der Waals surface area contributed by atoms with Gasteiger partial charge < -0.3 is 15.3 Å². The zero-order valence-corrected chi connectivity index (χ0v) is 12.3. The zero-order chi connectivity index (χ0) is 15.3. The number of urea groups is 1. The predicted octanol–water partition coefficient (Wildman–Crippen LogP) is 2.67. The Morgan fingerprint density at radius 2 is 2.05 bits per heavy atom. The van der Waals surface area contributed by atoms with Gasteiger partial charge in [0.2, 0.25) is 0 Å². The van der Waals surface area contributed by atoms with Gasteiger partial charge in [-0.3, -0.25) is 4.79 Å². The van der Waals surface area contributed by atoms with Crippen molar-refractivity contribution < 1.29 is 27.9 Å². The first kappa shape index (κ1) is 16.8. The number of carboxylic acid groups (broad SMARTS) is 1. The van der Waals surface area contributed by atoms with Crippen LogP contribution in [-0.4, -0.2) is 41.3 Å². The lowest BCUT2D eigenvalue weighted by Gasteiger charge is -2.22. The average Bonchev–Trinajstić information content (AvgIpc) is 2.68. The van der Waals surface area contributed by atoms with Crippen molar-refractivity contribution in [1.82, 2.24) is 10.2 Å². The minimum Gasteiger partial charge on any atom is -0.480 e. The SMILES string of the molecule is O=C(O)CN(CC(F)(F)F)C(=O)NCc1ccc(Br)s1. The van der Waals surface area contributed by atoms with Crippen molar-refractivity contribution >= 4 is 39.3 Å². The highest BCUT2D eigenvalue weighted by atomic mass is 79.9. The Hall–Kier alpha value is -1.29. The number of hydrogen-bond donors (Lipinski definition) is 2. The van der Waals surface area contributed by atoms with Gasteiger partial charge in [-0.25, -0.2) is 4.79 Å². The van der Waals surface area contributed by atoms with Crippen LogP contribution in [0.3, 0.4) is 0 Å². The fourth-order valence-corrected chi connectivity index (χ4v) is 2.72. The minimum absolute atomic E-state index is 0.0308. The second kappa shape index (κ2) is 6.93. The van der Waals surface area contributed by atoms with E-state index in [2.05, 4.69) is 21.2 Å². The molecule has 0 aliphatic heterocycles. The third-order valence-electron chi connectivity index (χ3n) is 2.03. The Bertz CT molecular complexity index is 492. The molecule has 1 aromatic rings. The normalized spacial score (nSPS) is 11.2. The summed E-state index contributed by atoms with van der Waals surface area (Å²) in [6.07, 6.45) is -4.65. The molecule has 0 aliphatic carbocycles. The molecule has 112 valence electrons. The monoisotopic (exact) mass is 374 g/mol. The van der Waals surface area contributed by atoms with Crippen LogP contribution in [-0.2, 0) is 11.3 Å². The maximum Gasteiger partial charge on any atom is 0.406 e. The molecular formula is C10H10BrF3N2O3S. The second-order valence-electron chi connectivity index (χ2n) is 3.73. The molecule has 0 aliphatic rings. The van der Waals surface area contributed by atoms with E-state index in [1.807, 2.05) is 0 Å².